The van der Waals surface area contributed by atoms with Gasteiger partial charge in [0.2, 0.25) is 34.9 Å². The summed E-state index contributed by atoms with van der Waals surface area (Å²) >= 11 is 0. The molecule has 36 heteroatoms. The van der Waals surface area contributed by atoms with Crippen molar-refractivity contribution in [2.75, 3.05) is 46.9 Å². The second-order valence-corrected chi connectivity index (χ2v) is 27.5. The van der Waals surface area contributed by atoms with Crippen LogP contribution < -0.4 is 35.6 Å². The molecule has 11 aromatic carbocycles. The second-order valence-electron chi connectivity index (χ2n) is 27.5. The molecule has 36 nitrogen and oxygen atoms in total. The number of tetrazole rings is 6. The predicted molar refractivity (Wildman–Crippen MR) is 463 cm³/mol. The molecule has 0 saturated heterocycles. The van der Waals surface area contributed by atoms with Crippen LogP contribution in [-0.2, 0) is 0 Å². The maximum absolute atomic E-state index is 12.4. The fraction of sp³-hybridized carbons (Fsp3) is 0.125. The third-order valence-corrected chi connectivity index (χ3v) is 18.8. The van der Waals surface area contributed by atoms with Gasteiger partial charge < -0.3 is 35.6 Å². The Labute approximate surface area is 708 Å². The van der Waals surface area contributed by atoms with E-state index in [9.17, 15) is 24.0 Å². The van der Waals surface area contributed by atoms with Crippen molar-refractivity contribution in [2.24, 2.45) is 5.92 Å². The number of anilines is 5. The highest BCUT2D eigenvalue weighted by Crippen LogP contribution is 2.29. The van der Waals surface area contributed by atoms with Crippen molar-refractivity contribution in [3.63, 3.8) is 0 Å². The molecule has 0 radical (unpaired) electrons. The molecule has 0 atom stereocenters. The summed E-state index contributed by atoms with van der Waals surface area (Å²) in [6.07, 6.45) is 6.70. The number of carbonyl (C=O) groups is 5. The first-order chi connectivity index (χ1) is 60.7. The Morgan fingerprint density at radius 3 is 1.17 bits per heavy atom. The van der Waals surface area contributed by atoms with Gasteiger partial charge in [0.25, 0.3) is 29.5 Å². The van der Waals surface area contributed by atoms with Crippen LogP contribution in [0.4, 0.5) is 28.4 Å². The van der Waals surface area contributed by atoms with E-state index in [1.165, 1.54) is 32.1 Å². The molecular formula is C88H81N29O7. The van der Waals surface area contributed by atoms with Crippen LogP contribution >= 0.6 is 0 Å². The van der Waals surface area contributed by atoms with E-state index in [0.29, 0.717) is 74.2 Å². The Balaban J connectivity index is 0.000000128. The quantitative estimate of drug-likeness (QED) is 0.0339. The molecule has 5 amide bonds. The number of rotatable bonds is 20. The summed E-state index contributed by atoms with van der Waals surface area (Å²) in [6, 6.07) is 84.4. The Hall–Kier alpha value is -17.2. The van der Waals surface area contributed by atoms with Crippen LogP contribution in [0.25, 0.3) is 68.3 Å². The third-order valence-electron chi connectivity index (χ3n) is 18.8. The maximum atomic E-state index is 12.4. The van der Waals surface area contributed by atoms with E-state index < -0.39 is 0 Å². The normalized spacial score (nSPS) is 11.2. The lowest BCUT2D eigenvalue weighted by molar-refractivity contribution is 0.0988. The molecule has 1 fully saturated rings. The Kier molecular flexibility index (Phi) is 29.6. The van der Waals surface area contributed by atoms with Crippen LogP contribution in [0.1, 0.15) is 95.0 Å². The minimum atomic E-state index is -0.218. The van der Waals surface area contributed by atoms with Crippen LogP contribution in [0.2, 0.25) is 0 Å². The first-order valence-electron chi connectivity index (χ1n) is 38.8. The van der Waals surface area contributed by atoms with Crippen molar-refractivity contribution < 1.29 is 33.4 Å². The molecule has 620 valence electrons. The van der Waals surface area contributed by atoms with E-state index in [4.69, 9.17) is 9.47 Å². The first kappa shape index (κ1) is 84.7. The van der Waals surface area contributed by atoms with Crippen LogP contribution in [0.5, 0.6) is 11.5 Å². The lowest BCUT2D eigenvalue weighted by Gasteiger charge is -2.21. The van der Waals surface area contributed by atoms with Gasteiger partial charge in [-0.2, -0.15) is 31.3 Å². The average Bonchev–Trinajstić information content (AvgIpc) is 1.25. The standard InChI is InChI=1S/C15H13N5O2.3C15H13N5O.C14H11N5O.C14H18N4O/c1-22-13-5-3-2-4-12(13)16-15(21)11-8-6-10(7-9-11)14-17-19-20-18-14;1-10-2-8-13(9-3-10)16-15(21)12-6-4-11(5-7-12)14-17-19-20-18-14;1-10-3-2-4-13(9-10)16-15(21)12-7-5-11(6-8-12)14-17-19-20-18-14;1-20(13-5-3-2-4-6-13)15(21)12-9-7-11(8-10-12)14-16-18-19-17-14;20-14(15-12-7-2-1-3-8-12)11-6-4-5-10(9-11)13-16-18-19-17-13;1-2-4-11(5-3-1)10-19-13-8-6-12(7-9-13)14-15-17-18-16-14/h2-9H,1H3,(H,16,21)(H,17,18,19,20);2*2-9H,1H3,(H,16,21)(H,17,18,19,20);2-10H,1H3,(H,16,17,18,19);1-9H,(H,15,20)(H,16,17,18,19);6-9,11H,1-5,10H2,(H,15,16,17,18). The molecule has 6 heterocycles. The summed E-state index contributed by atoms with van der Waals surface area (Å²) < 4.78 is 11.1. The van der Waals surface area contributed by atoms with Crippen molar-refractivity contribution in [3.05, 3.63) is 318 Å². The van der Waals surface area contributed by atoms with Gasteiger partial charge in [0, 0.05) is 91.0 Å². The van der Waals surface area contributed by atoms with Crippen molar-refractivity contribution >= 4 is 58.0 Å². The number of nitrogens with zero attached hydrogens (tertiary/aromatic N) is 19. The van der Waals surface area contributed by atoms with Gasteiger partial charge in [0.1, 0.15) is 11.5 Å². The number of hydrogen-bond donors (Lipinski definition) is 10. The number of amides is 5. The molecular weight excluding hydrogens is 1580 g/mol. The number of benzene rings is 11. The van der Waals surface area contributed by atoms with E-state index in [2.05, 4.69) is 145 Å². The number of aromatic nitrogens is 24. The number of hydrogen-bond acceptors (Lipinski definition) is 25. The number of carbonyl (C=O) groups excluding carboxylic acids is 5. The highest BCUT2D eigenvalue weighted by Gasteiger charge is 2.19. The first-order valence-corrected chi connectivity index (χ1v) is 38.8. The largest absolute Gasteiger partial charge is 0.495 e. The third kappa shape index (κ3) is 24.5. The van der Waals surface area contributed by atoms with Crippen LogP contribution in [0, 0.1) is 19.8 Å². The molecule has 6 aromatic heterocycles. The summed E-state index contributed by atoms with van der Waals surface area (Å²) in [4.78, 5) is 62.8. The molecule has 0 aliphatic heterocycles. The zero-order valence-corrected chi connectivity index (χ0v) is 67.2. The molecule has 0 bridgehead atoms. The van der Waals surface area contributed by atoms with Crippen LogP contribution in [0.3, 0.4) is 0 Å². The van der Waals surface area contributed by atoms with Crippen LogP contribution in [0.15, 0.2) is 279 Å². The summed E-state index contributed by atoms with van der Waals surface area (Å²) in [5, 5.41) is 93.7. The van der Waals surface area contributed by atoms with E-state index >= 15 is 0 Å². The van der Waals surface area contributed by atoms with Gasteiger partial charge in [-0.05, 0) is 215 Å². The smallest absolute Gasteiger partial charge is 0.258 e. The van der Waals surface area contributed by atoms with Gasteiger partial charge in [-0.25, -0.2) is 0 Å². The van der Waals surface area contributed by atoms with E-state index in [-0.39, 0.29) is 29.5 Å². The molecule has 1 saturated carbocycles. The lowest BCUT2D eigenvalue weighted by atomic mass is 9.90. The van der Waals surface area contributed by atoms with E-state index in [0.717, 1.165) is 85.5 Å². The fourth-order valence-corrected chi connectivity index (χ4v) is 12.2. The Morgan fingerprint density at radius 1 is 0.347 bits per heavy atom. The zero-order chi connectivity index (χ0) is 86.0. The van der Waals surface area contributed by atoms with Crippen molar-refractivity contribution in [2.45, 2.75) is 46.0 Å². The van der Waals surface area contributed by atoms with Crippen molar-refractivity contribution in [3.8, 4) is 79.8 Å². The predicted octanol–water partition coefficient (Wildman–Crippen LogP) is 14.1. The summed E-state index contributed by atoms with van der Waals surface area (Å²) in [5.41, 5.74) is 13.7. The molecule has 0 spiro atoms. The zero-order valence-electron chi connectivity index (χ0n) is 67.2. The number of methoxy groups -OCH3 is 1. The van der Waals surface area contributed by atoms with Crippen molar-refractivity contribution in [1.29, 1.82) is 0 Å². The minimum Gasteiger partial charge on any atom is -0.495 e. The van der Waals surface area contributed by atoms with Gasteiger partial charge in [0.05, 0.1) is 19.4 Å². The fourth-order valence-electron chi connectivity index (χ4n) is 12.2. The summed E-state index contributed by atoms with van der Waals surface area (Å²) in [5.74, 6) is 4.54. The molecule has 0 unspecified atom stereocenters. The highest BCUT2D eigenvalue weighted by molar-refractivity contribution is 6.08. The molecule has 1 aliphatic rings. The molecule has 1 aliphatic carbocycles. The SMILES string of the molecule is CN(C(=O)c1ccc(-c2nn[nH]n2)cc1)c1ccccc1.COc1ccccc1NC(=O)c1ccc(-c2nn[nH]n2)cc1.Cc1ccc(NC(=O)c2ccc(-c3nn[nH]n3)cc2)cc1.Cc1cccc(NC(=O)c2ccc(-c3nn[nH]n3)cc2)c1.O=C(Nc1ccccc1)c1cccc(-c2nn[nH]n2)c1.c1cc(-c2nn[nH]n2)ccc1OCC1CCCCC1. The lowest BCUT2D eigenvalue weighted by Crippen LogP contribution is -2.25. The molecule has 124 heavy (non-hydrogen) atoms. The monoisotopic (exact) mass is 1660 g/mol. The second kappa shape index (κ2) is 43.3. The number of H-pyrrole nitrogens is 6. The number of aryl methyl sites for hydroxylation is 2. The Bertz CT molecular complexity index is 6120. The highest BCUT2D eigenvalue weighted by atomic mass is 16.5. The number of para-hydroxylation sites is 4. The molecule has 17 aromatic rings. The number of ether oxygens (including phenoxy) is 2. The van der Waals surface area contributed by atoms with Gasteiger partial charge in [-0.1, -0.05) is 158 Å². The van der Waals surface area contributed by atoms with Gasteiger partial charge in [-0.3, -0.25) is 24.0 Å². The number of aromatic amines is 6. The van der Waals surface area contributed by atoms with Gasteiger partial charge >= 0.3 is 0 Å². The van der Waals surface area contributed by atoms with E-state index in [1.54, 1.807) is 146 Å². The maximum Gasteiger partial charge on any atom is 0.258 e. The van der Waals surface area contributed by atoms with Gasteiger partial charge in [0.15, 0.2) is 0 Å². The number of nitrogens with one attached hydrogen (secondary N) is 10. The average molecular weight is 1660 g/mol. The van der Waals surface area contributed by atoms with E-state index in [1.807, 2.05) is 166 Å². The summed E-state index contributed by atoms with van der Waals surface area (Å²) in [7, 11) is 3.31. The molecule has 18 rings (SSSR count). The molecule has 10 N–H and O–H groups in total. The summed E-state index contributed by atoms with van der Waals surface area (Å²) in [6.45, 7) is 4.82. The Morgan fingerprint density at radius 2 is 0.726 bits per heavy atom. The van der Waals surface area contributed by atoms with Gasteiger partial charge in [-0.15, -0.1) is 61.2 Å². The van der Waals surface area contributed by atoms with Crippen molar-refractivity contribution in [1.82, 2.24) is 124 Å². The van der Waals surface area contributed by atoms with Crippen LogP contribution in [-0.4, -0.2) is 174 Å². The topological polar surface area (TPSA) is 482 Å². The minimum absolute atomic E-state index is 0.0686.